The Balaban J connectivity index is 2.51. The number of hydrogen-bond donors (Lipinski definition) is 1. The van der Waals surface area contributed by atoms with Crippen molar-refractivity contribution in [1.82, 2.24) is 0 Å². The van der Waals surface area contributed by atoms with Gasteiger partial charge in [0.1, 0.15) is 0 Å². The van der Waals surface area contributed by atoms with Crippen molar-refractivity contribution >= 4 is 23.4 Å². The van der Waals surface area contributed by atoms with Gasteiger partial charge in [-0.25, -0.2) is 4.79 Å². The summed E-state index contributed by atoms with van der Waals surface area (Å²) in [7, 11) is 2.94. The average molecular weight is 321 g/mol. The van der Waals surface area contributed by atoms with Gasteiger partial charge in [0, 0.05) is 16.1 Å². The fraction of sp³-hybridized carbons (Fsp3) is 0.125. The summed E-state index contributed by atoms with van der Waals surface area (Å²) in [6, 6.07) is 8.75. The van der Waals surface area contributed by atoms with E-state index in [1.807, 2.05) is 0 Å². The topological polar surface area (TPSA) is 72.8 Å². The van der Waals surface area contributed by atoms with Crippen LogP contribution in [0.25, 0.3) is 0 Å². The van der Waals surface area contributed by atoms with E-state index in [0.29, 0.717) is 17.1 Å². The standard InChI is InChI=1S/C16H13ClO5/c1-21-13-6-3-9(7-14(13)22-2)15(18)11-5-4-10(17)8-12(11)16(19)20/h3-8H,1-2H3,(H,19,20). The number of hydrogen-bond acceptors (Lipinski definition) is 4. The first-order valence-electron chi connectivity index (χ1n) is 6.27. The molecule has 2 aromatic rings. The van der Waals surface area contributed by atoms with Gasteiger partial charge in [-0.05, 0) is 36.4 Å². The van der Waals surface area contributed by atoms with Crippen molar-refractivity contribution in [3.05, 3.63) is 58.1 Å². The molecule has 0 aliphatic heterocycles. The molecule has 0 saturated heterocycles. The largest absolute Gasteiger partial charge is 0.493 e. The molecule has 2 aromatic carbocycles. The van der Waals surface area contributed by atoms with E-state index in [1.165, 1.54) is 38.5 Å². The number of carbonyl (C=O) groups excluding carboxylic acids is 1. The number of ketones is 1. The van der Waals surface area contributed by atoms with Crippen LogP contribution in [0.15, 0.2) is 36.4 Å². The average Bonchev–Trinajstić information content (AvgIpc) is 2.53. The molecule has 0 amide bonds. The number of carboxylic acid groups (broad SMARTS) is 1. The summed E-state index contributed by atoms with van der Waals surface area (Å²) in [5, 5.41) is 9.46. The molecule has 0 fully saturated rings. The Labute approximate surface area is 132 Å². The zero-order chi connectivity index (χ0) is 16.3. The van der Waals surface area contributed by atoms with E-state index in [4.69, 9.17) is 21.1 Å². The van der Waals surface area contributed by atoms with Crippen molar-refractivity contribution in [2.45, 2.75) is 0 Å². The van der Waals surface area contributed by atoms with Crippen LogP contribution in [0.1, 0.15) is 26.3 Å². The van der Waals surface area contributed by atoms with Gasteiger partial charge in [0.2, 0.25) is 0 Å². The zero-order valence-corrected chi connectivity index (χ0v) is 12.7. The lowest BCUT2D eigenvalue weighted by Gasteiger charge is -2.10. The molecule has 0 heterocycles. The summed E-state index contributed by atoms with van der Waals surface area (Å²) in [6.07, 6.45) is 0. The van der Waals surface area contributed by atoms with Crippen LogP contribution in [0, 0.1) is 0 Å². The molecule has 0 aliphatic rings. The summed E-state index contributed by atoms with van der Waals surface area (Å²) in [6.45, 7) is 0. The van der Waals surface area contributed by atoms with Crippen LogP contribution < -0.4 is 9.47 Å². The van der Waals surface area contributed by atoms with Gasteiger partial charge in [-0.3, -0.25) is 4.79 Å². The van der Waals surface area contributed by atoms with Gasteiger partial charge in [-0.1, -0.05) is 11.6 Å². The van der Waals surface area contributed by atoms with E-state index in [2.05, 4.69) is 0 Å². The summed E-state index contributed by atoms with van der Waals surface area (Å²) >= 11 is 5.79. The Hall–Kier alpha value is -2.53. The first-order chi connectivity index (χ1) is 10.5. The first-order valence-corrected chi connectivity index (χ1v) is 6.65. The number of ether oxygens (including phenoxy) is 2. The third-order valence-corrected chi connectivity index (χ3v) is 3.34. The normalized spacial score (nSPS) is 10.1. The maximum atomic E-state index is 12.5. The number of carbonyl (C=O) groups is 2. The third-order valence-electron chi connectivity index (χ3n) is 3.10. The minimum absolute atomic E-state index is 0.0594. The number of benzene rings is 2. The van der Waals surface area contributed by atoms with Crippen molar-refractivity contribution in [1.29, 1.82) is 0 Å². The molecular weight excluding hydrogens is 308 g/mol. The second-order valence-electron chi connectivity index (χ2n) is 4.39. The fourth-order valence-corrected chi connectivity index (χ4v) is 2.20. The zero-order valence-electron chi connectivity index (χ0n) is 11.9. The van der Waals surface area contributed by atoms with E-state index < -0.39 is 11.8 Å². The number of carboxylic acids is 1. The van der Waals surface area contributed by atoms with Crippen molar-refractivity contribution in [3.63, 3.8) is 0 Å². The summed E-state index contributed by atoms with van der Waals surface area (Å²) in [5.41, 5.74) is 0.207. The van der Waals surface area contributed by atoms with E-state index in [9.17, 15) is 14.7 Å². The molecule has 0 saturated carbocycles. The number of methoxy groups -OCH3 is 2. The van der Waals surface area contributed by atoms with Gasteiger partial charge >= 0.3 is 5.97 Å². The highest BCUT2D eigenvalue weighted by Crippen LogP contribution is 2.29. The molecule has 1 N–H and O–H groups in total. The van der Waals surface area contributed by atoms with Crippen molar-refractivity contribution in [3.8, 4) is 11.5 Å². The maximum Gasteiger partial charge on any atom is 0.336 e. The molecule has 0 aliphatic carbocycles. The monoisotopic (exact) mass is 320 g/mol. The molecule has 0 radical (unpaired) electrons. The molecule has 114 valence electrons. The third kappa shape index (κ3) is 3.04. The number of rotatable bonds is 5. The van der Waals surface area contributed by atoms with Gasteiger partial charge < -0.3 is 14.6 Å². The highest BCUT2D eigenvalue weighted by Gasteiger charge is 2.19. The molecule has 2 rings (SSSR count). The molecule has 0 bridgehead atoms. The Kier molecular flexibility index (Phi) is 4.68. The van der Waals surface area contributed by atoms with Crippen LogP contribution in [0.3, 0.4) is 0 Å². The quantitative estimate of drug-likeness (QED) is 0.856. The predicted octanol–water partition coefficient (Wildman–Crippen LogP) is 3.29. The second-order valence-corrected chi connectivity index (χ2v) is 4.83. The lowest BCUT2D eigenvalue weighted by molar-refractivity contribution is 0.0693. The van der Waals surface area contributed by atoms with Gasteiger partial charge in [0.15, 0.2) is 17.3 Å². The molecule has 22 heavy (non-hydrogen) atoms. The Morgan fingerprint density at radius 1 is 0.955 bits per heavy atom. The van der Waals surface area contributed by atoms with Crippen LogP contribution in [-0.4, -0.2) is 31.1 Å². The second kappa shape index (κ2) is 6.49. The number of aromatic carboxylic acids is 1. The molecule has 0 unspecified atom stereocenters. The van der Waals surface area contributed by atoms with Crippen molar-refractivity contribution in [2.75, 3.05) is 14.2 Å². The van der Waals surface area contributed by atoms with E-state index in [1.54, 1.807) is 12.1 Å². The van der Waals surface area contributed by atoms with Crippen LogP contribution in [0.4, 0.5) is 0 Å². The molecule has 0 aromatic heterocycles. The SMILES string of the molecule is COc1ccc(C(=O)c2ccc(Cl)cc2C(=O)O)cc1OC. The van der Waals surface area contributed by atoms with Gasteiger partial charge in [-0.15, -0.1) is 0 Å². The Morgan fingerprint density at radius 2 is 1.64 bits per heavy atom. The molecule has 6 heteroatoms. The van der Waals surface area contributed by atoms with Gasteiger partial charge in [0.05, 0.1) is 19.8 Å². The van der Waals surface area contributed by atoms with Gasteiger partial charge in [0.25, 0.3) is 0 Å². The number of halogens is 1. The lowest BCUT2D eigenvalue weighted by Crippen LogP contribution is -2.10. The molecular formula is C16H13ClO5. The van der Waals surface area contributed by atoms with Crippen LogP contribution in [0.2, 0.25) is 5.02 Å². The van der Waals surface area contributed by atoms with Gasteiger partial charge in [-0.2, -0.15) is 0 Å². The maximum absolute atomic E-state index is 12.5. The minimum atomic E-state index is -1.22. The lowest BCUT2D eigenvalue weighted by atomic mass is 9.98. The minimum Gasteiger partial charge on any atom is -0.493 e. The van der Waals surface area contributed by atoms with E-state index >= 15 is 0 Å². The molecule has 5 nitrogen and oxygen atoms in total. The Morgan fingerprint density at radius 3 is 2.23 bits per heavy atom. The van der Waals surface area contributed by atoms with Crippen LogP contribution >= 0.6 is 11.6 Å². The van der Waals surface area contributed by atoms with Crippen LogP contribution in [0.5, 0.6) is 11.5 Å². The smallest absolute Gasteiger partial charge is 0.336 e. The van der Waals surface area contributed by atoms with E-state index in [0.717, 1.165) is 0 Å². The Bertz CT molecular complexity index is 739. The highest BCUT2D eigenvalue weighted by atomic mass is 35.5. The summed E-state index contributed by atoms with van der Waals surface area (Å²) < 4.78 is 10.3. The highest BCUT2D eigenvalue weighted by molar-refractivity contribution is 6.31. The molecule has 0 atom stereocenters. The van der Waals surface area contributed by atoms with Crippen molar-refractivity contribution in [2.24, 2.45) is 0 Å². The van der Waals surface area contributed by atoms with Crippen molar-refractivity contribution < 1.29 is 24.2 Å². The summed E-state index contributed by atoms with van der Waals surface area (Å²) in [4.78, 5) is 23.8. The van der Waals surface area contributed by atoms with E-state index in [-0.39, 0.29) is 16.1 Å². The molecule has 0 spiro atoms. The summed E-state index contributed by atoms with van der Waals surface area (Å²) in [5.74, 6) is -0.783. The first kappa shape index (κ1) is 15.9. The van der Waals surface area contributed by atoms with Crippen LogP contribution in [-0.2, 0) is 0 Å². The predicted molar refractivity (Wildman–Crippen MR) is 81.4 cm³/mol. The fourth-order valence-electron chi connectivity index (χ4n) is 2.02.